The van der Waals surface area contributed by atoms with Gasteiger partial charge < -0.3 is 19.7 Å². The van der Waals surface area contributed by atoms with E-state index in [9.17, 15) is 5.11 Å². The maximum atomic E-state index is 10.7. The molecule has 29 heavy (non-hydrogen) atoms. The zero-order valence-electron chi connectivity index (χ0n) is 16.5. The van der Waals surface area contributed by atoms with Gasteiger partial charge in [-0.2, -0.15) is 0 Å². The van der Waals surface area contributed by atoms with Gasteiger partial charge in [-0.25, -0.2) is 0 Å². The summed E-state index contributed by atoms with van der Waals surface area (Å²) in [5.74, 6) is 0.687. The van der Waals surface area contributed by atoms with Crippen molar-refractivity contribution in [3.63, 3.8) is 0 Å². The molecule has 0 unspecified atom stereocenters. The van der Waals surface area contributed by atoms with Gasteiger partial charge >= 0.3 is 0 Å². The highest BCUT2D eigenvalue weighted by Crippen LogP contribution is 2.33. The van der Waals surface area contributed by atoms with E-state index in [1.807, 2.05) is 53.9 Å². The van der Waals surface area contributed by atoms with E-state index >= 15 is 0 Å². The van der Waals surface area contributed by atoms with Crippen LogP contribution in [0.5, 0.6) is 5.75 Å². The quantitative estimate of drug-likeness (QED) is 0.428. The Morgan fingerprint density at radius 3 is 2.83 bits per heavy atom. The summed E-state index contributed by atoms with van der Waals surface area (Å²) in [6.45, 7) is 4.45. The van der Waals surface area contributed by atoms with E-state index in [1.54, 1.807) is 18.3 Å². The molecule has 0 spiro atoms. The van der Waals surface area contributed by atoms with Crippen molar-refractivity contribution in [3.05, 3.63) is 71.6 Å². The molecule has 0 saturated heterocycles. The summed E-state index contributed by atoms with van der Waals surface area (Å²) in [5.41, 5.74) is 2.71. The first-order chi connectivity index (χ1) is 14.0. The van der Waals surface area contributed by atoms with E-state index in [0.717, 1.165) is 21.5 Å². The average molecular weight is 409 g/mol. The Balaban J connectivity index is 1.37. The van der Waals surface area contributed by atoms with Crippen molar-refractivity contribution in [2.45, 2.75) is 25.5 Å². The summed E-state index contributed by atoms with van der Waals surface area (Å²) in [4.78, 5) is 0. The largest absolute Gasteiger partial charge is 0.491 e. The third-order valence-corrected chi connectivity index (χ3v) is 5.73. The summed E-state index contributed by atoms with van der Waals surface area (Å²) < 4.78 is 12.3. The number of ether oxygens (including phenoxy) is 1. The molecule has 0 aliphatic carbocycles. The van der Waals surface area contributed by atoms with Crippen molar-refractivity contribution in [2.24, 2.45) is 0 Å². The Morgan fingerprint density at radius 1 is 1.17 bits per heavy atom. The molecule has 0 bridgehead atoms. The molecule has 2 aromatic carbocycles. The number of nitrogens with zero attached hydrogens (tertiary/aromatic N) is 1. The zero-order chi connectivity index (χ0) is 20.3. The number of nitrogens with one attached hydrogen (secondary N) is 1. The van der Waals surface area contributed by atoms with Crippen LogP contribution < -0.4 is 10.1 Å². The second-order valence-electron chi connectivity index (χ2n) is 7.47. The van der Waals surface area contributed by atoms with Crippen molar-refractivity contribution in [2.75, 3.05) is 13.2 Å². The lowest BCUT2D eigenvalue weighted by atomic mass is 10.1. The number of fused-ring (bicyclic) bond motifs is 1. The van der Waals surface area contributed by atoms with Crippen LogP contribution in [0, 0.1) is 0 Å². The molecule has 2 atom stereocenters. The van der Waals surface area contributed by atoms with Crippen molar-refractivity contribution < 1.29 is 14.4 Å². The number of hydrogen-bond donors (Lipinski definition) is 2. The Bertz CT molecular complexity index is 1070. The highest BCUT2D eigenvalue weighted by atomic mass is 32.1. The van der Waals surface area contributed by atoms with Gasteiger partial charge in [0.05, 0.1) is 0 Å². The fraction of sp³-hybridized carbons (Fsp3) is 0.261. The van der Waals surface area contributed by atoms with Crippen LogP contribution in [0.4, 0.5) is 0 Å². The van der Waals surface area contributed by atoms with Crippen LogP contribution in [0.1, 0.15) is 25.5 Å². The molecule has 5 nitrogen and oxygen atoms in total. The van der Waals surface area contributed by atoms with Crippen LogP contribution >= 0.6 is 11.3 Å². The van der Waals surface area contributed by atoms with Gasteiger partial charge in [0.2, 0.25) is 0 Å². The van der Waals surface area contributed by atoms with Gasteiger partial charge in [0.1, 0.15) is 28.4 Å². The molecule has 0 aliphatic rings. The lowest BCUT2D eigenvalue weighted by molar-refractivity contribution is 0.0105. The van der Waals surface area contributed by atoms with E-state index in [0.29, 0.717) is 12.3 Å². The first-order valence-corrected chi connectivity index (χ1v) is 10.5. The Morgan fingerprint density at radius 2 is 2.00 bits per heavy atom. The van der Waals surface area contributed by atoms with Crippen LogP contribution in [0.2, 0.25) is 0 Å². The number of aromatic nitrogens is 1. The van der Waals surface area contributed by atoms with Crippen LogP contribution in [0.3, 0.4) is 0 Å². The minimum Gasteiger partial charge on any atom is -0.491 e. The Kier molecular flexibility index (Phi) is 5.67. The number of benzene rings is 2. The summed E-state index contributed by atoms with van der Waals surface area (Å²) >= 11 is 1.60. The van der Waals surface area contributed by atoms with Gasteiger partial charge in [0, 0.05) is 18.2 Å². The third-order valence-electron chi connectivity index (χ3n) is 4.83. The summed E-state index contributed by atoms with van der Waals surface area (Å²) in [5, 5.41) is 20.3. The monoisotopic (exact) mass is 408 g/mol. The molecule has 0 aliphatic heterocycles. The summed E-state index contributed by atoms with van der Waals surface area (Å²) in [6, 6.07) is 19.9. The normalized spacial score (nSPS) is 14.6. The predicted molar refractivity (Wildman–Crippen MR) is 116 cm³/mol. The third kappa shape index (κ3) is 4.67. The van der Waals surface area contributed by atoms with Gasteiger partial charge in [-0.15, -0.1) is 11.3 Å². The number of thiophene rings is 1. The molecule has 0 saturated carbocycles. The average Bonchev–Trinajstić information content (AvgIpc) is 3.35. The first-order valence-electron chi connectivity index (χ1n) is 9.59. The van der Waals surface area contributed by atoms with Crippen LogP contribution in [-0.2, 0) is 0 Å². The van der Waals surface area contributed by atoms with Gasteiger partial charge in [-0.05, 0) is 43.0 Å². The molecular formula is C23H24N2O3S. The highest BCUT2D eigenvalue weighted by molar-refractivity contribution is 7.17. The standard InChI is InChI=1S/C23H24N2O3S/c1-16(17-7-4-3-5-8-17)24-14-23(2,26)15-27-19-10-6-9-18(13-19)21-22-20(28-25-21)11-12-29-22/h3-13,16,24,26H,14-15H2,1-2H3/t16-,23+/m1/s1. The van der Waals surface area contributed by atoms with E-state index in [2.05, 4.69) is 29.5 Å². The molecule has 2 N–H and O–H groups in total. The SMILES string of the molecule is C[C@@H](NC[C@](C)(O)COc1cccc(-c2noc3ccsc23)c1)c1ccccc1. The van der Waals surface area contributed by atoms with Crippen LogP contribution in [0.25, 0.3) is 21.5 Å². The topological polar surface area (TPSA) is 67.5 Å². The van der Waals surface area contributed by atoms with Crippen molar-refractivity contribution in [1.82, 2.24) is 10.5 Å². The maximum Gasteiger partial charge on any atom is 0.178 e. The van der Waals surface area contributed by atoms with E-state index in [4.69, 9.17) is 9.26 Å². The highest BCUT2D eigenvalue weighted by Gasteiger charge is 2.23. The molecule has 0 amide bonds. The molecule has 0 radical (unpaired) electrons. The van der Waals surface area contributed by atoms with Crippen LogP contribution in [-0.4, -0.2) is 29.0 Å². The summed E-state index contributed by atoms with van der Waals surface area (Å²) in [7, 11) is 0. The van der Waals surface area contributed by atoms with E-state index in [1.165, 1.54) is 5.56 Å². The minimum atomic E-state index is -1.01. The van der Waals surface area contributed by atoms with Gasteiger partial charge in [-0.3, -0.25) is 0 Å². The number of aliphatic hydroxyl groups is 1. The van der Waals surface area contributed by atoms with Crippen LogP contribution in [0.15, 0.2) is 70.6 Å². The first kappa shape index (κ1) is 19.6. The molecule has 4 rings (SSSR count). The van der Waals surface area contributed by atoms with Gasteiger partial charge in [-0.1, -0.05) is 47.6 Å². The molecule has 4 aromatic rings. The maximum absolute atomic E-state index is 10.7. The number of hydrogen-bond acceptors (Lipinski definition) is 6. The second-order valence-corrected chi connectivity index (χ2v) is 8.39. The molecule has 2 heterocycles. The van der Waals surface area contributed by atoms with Crippen molar-refractivity contribution in [3.8, 4) is 17.0 Å². The van der Waals surface area contributed by atoms with Crippen molar-refractivity contribution in [1.29, 1.82) is 0 Å². The lowest BCUT2D eigenvalue weighted by Crippen LogP contribution is -2.43. The number of rotatable bonds is 8. The summed E-state index contributed by atoms with van der Waals surface area (Å²) in [6.07, 6.45) is 0. The smallest absolute Gasteiger partial charge is 0.178 e. The fourth-order valence-corrected chi connectivity index (χ4v) is 3.93. The lowest BCUT2D eigenvalue weighted by Gasteiger charge is -2.26. The Labute approximate surface area is 173 Å². The second kappa shape index (κ2) is 8.37. The predicted octanol–water partition coefficient (Wildman–Crippen LogP) is 5.04. The molecule has 150 valence electrons. The molecule has 2 aromatic heterocycles. The molecular weight excluding hydrogens is 384 g/mol. The van der Waals surface area contributed by atoms with Gasteiger partial charge in [0.25, 0.3) is 0 Å². The van der Waals surface area contributed by atoms with Crippen molar-refractivity contribution >= 4 is 21.6 Å². The zero-order valence-corrected chi connectivity index (χ0v) is 17.3. The fourth-order valence-electron chi connectivity index (χ4n) is 3.12. The molecule has 0 fully saturated rings. The van der Waals surface area contributed by atoms with Gasteiger partial charge in [0.15, 0.2) is 5.58 Å². The molecule has 6 heteroatoms. The Hall–Kier alpha value is -2.67. The van der Waals surface area contributed by atoms with E-state index in [-0.39, 0.29) is 12.6 Å². The van der Waals surface area contributed by atoms with E-state index < -0.39 is 5.60 Å². The minimum absolute atomic E-state index is 0.145.